The molecular formula is C43H51N7O8S. The fourth-order valence-corrected chi connectivity index (χ4v) is 7.14. The molecule has 0 spiro atoms. The summed E-state index contributed by atoms with van der Waals surface area (Å²) in [6, 6.07) is 22.6. The van der Waals surface area contributed by atoms with Crippen LogP contribution in [0.5, 0.6) is 23.0 Å². The van der Waals surface area contributed by atoms with Crippen LogP contribution in [0.1, 0.15) is 43.1 Å². The van der Waals surface area contributed by atoms with Gasteiger partial charge in [0.2, 0.25) is 10.0 Å². The first-order chi connectivity index (χ1) is 28.2. The number of aromatic nitrogens is 1. The first kappa shape index (κ1) is 42.5. The molecule has 0 unspecified atom stereocenters. The summed E-state index contributed by atoms with van der Waals surface area (Å²) < 4.78 is 49.8. The average Bonchev–Trinajstić information content (AvgIpc) is 3.46. The van der Waals surface area contributed by atoms with Crippen molar-refractivity contribution in [1.29, 1.82) is 0 Å². The largest absolute Gasteiger partial charge is 0.497 e. The van der Waals surface area contributed by atoms with Crippen LogP contribution in [-0.2, 0) is 20.2 Å². The maximum Gasteiger partial charge on any atom is 0.323 e. The van der Waals surface area contributed by atoms with Crippen LogP contribution in [0.3, 0.4) is 0 Å². The second-order valence-corrected chi connectivity index (χ2v) is 16.8. The number of benzene rings is 4. The van der Waals surface area contributed by atoms with Crippen LogP contribution >= 0.6 is 0 Å². The lowest BCUT2D eigenvalue weighted by Crippen LogP contribution is -2.36. The minimum absolute atomic E-state index is 0.168. The number of urea groups is 1. The SMILES string of the molecule is COc1cc(Nc2cc(Oc3ccc(NC(=O)Nc4cc(C(C)(C)C)cc(NS(C)(=O)=O)c4OC)c4ccccc34)ccn2)cc(C(=O)NCCN2CCCOCC2)c1. The number of anilines is 5. The van der Waals surface area contributed by atoms with Crippen LogP contribution in [-0.4, -0.2) is 90.1 Å². The smallest absolute Gasteiger partial charge is 0.323 e. The molecule has 0 saturated carbocycles. The van der Waals surface area contributed by atoms with Crippen molar-refractivity contribution in [3.8, 4) is 23.0 Å². The van der Waals surface area contributed by atoms with E-state index >= 15 is 0 Å². The highest BCUT2D eigenvalue weighted by Crippen LogP contribution is 2.40. The number of carbonyl (C=O) groups excluding carboxylic acids is 2. The summed E-state index contributed by atoms with van der Waals surface area (Å²) in [6.45, 7) is 10.4. The second kappa shape index (κ2) is 18.7. The van der Waals surface area contributed by atoms with Gasteiger partial charge in [0.1, 0.15) is 23.1 Å². The van der Waals surface area contributed by atoms with E-state index in [9.17, 15) is 18.0 Å². The Kier molecular flexibility index (Phi) is 13.4. The van der Waals surface area contributed by atoms with Crippen molar-refractivity contribution in [3.05, 3.63) is 96.2 Å². The molecule has 5 aromatic rings. The maximum atomic E-state index is 13.5. The number of nitrogens with one attached hydrogen (secondary N) is 5. The lowest BCUT2D eigenvalue weighted by atomic mass is 9.86. The van der Waals surface area contributed by atoms with E-state index in [1.165, 1.54) is 7.11 Å². The molecule has 0 atom stereocenters. The van der Waals surface area contributed by atoms with E-state index < -0.39 is 16.1 Å². The van der Waals surface area contributed by atoms with Gasteiger partial charge in [-0.15, -0.1) is 0 Å². The highest BCUT2D eigenvalue weighted by Gasteiger charge is 2.23. The van der Waals surface area contributed by atoms with Crippen molar-refractivity contribution in [2.24, 2.45) is 0 Å². The lowest BCUT2D eigenvalue weighted by molar-refractivity contribution is 0.0947. The van der Waals surface area contributed by atoms with Gasteiger partial charge in [-0.1, -0.05) is 45.0 Å². The summed E-state index contributed by atoms with van der Waals surface area (Å²) >= 11 is 0. The summed E-state index contributed by atoms with van der Waals surface area (Å²) in [5.41, 5.74) is 2.47. The molecule has 5 N–H and O–H groups in total. The van der Waals surface area contributed by atoms with Crippen molar-refractivity contribution < 1.29 is 37.0 Å². The molecule has 1 aromatic heterocycles. The van der Waals surface area contributed by atoms with E-state index in [2.05, 4.69) is 35.9 Å². The fraction of sp³-hybridized carbons (Fsp3) is 0.326. The predicted molar refractivity (Wildman–Crippen MR) is 232 cm³/mol. The number of pyridine rings is 1. The standard InChI is InChI=1S/C43H51N7O8S/c1-43(2,3)29-24-36(40(56-5)37(25-29)49-59(6,53)54)48-42(52)47-35-12-13-38(34-11-8-7-10-33(34)35)58-31-14-15-44-39(27-31)46-30-22-28(23-32(26-30)55-4)41(51)45-16-18-50-17-9-20-57-21-19-50/h7-8,10-15,22-27,49H,9,16-21H2,1-6H3,(H,44,46)(H,45,51)(H2,47,48,52). The van der Waals surface area contributed by atoms with Crippen LogP contribution < -0.4 is 40.2 Å². The van der Waals surface area contributed by atoms with Crippen LogP contribution in [0, 0.1) is 0 Å². The molecule has 6 rings (SSSR count). The Bertz CT molecular complexity index is 2410. The highest BCUT2D eigenvalue weighted by molar-refractivity contribution is 7.92. The van der Waals surface area contributed by atoms with Crippen LogP contribution in [0.2, 0.25) is 0 Å². The summed E-state index contributed by atoms with van der Waals surface area (Å²) in [7, 11) is -0.693. The third-order valence-corrected chi connectivity index (χ3v) is 10.1. The molecular weight excluding hydrogens is 775 g/mol. The number of rotatable bonds is 14. The maximum absolute atomic E-state index is 13.5. The number of hydrogen-bond donors (Lipinski definition) is 5. The van der Waals surface area contributed by atoms with E-state index in [-0.39, 0.29) is 28.4 Å². The number of amides is 3. The van der Waals surface area contributed by atoms with E-state index in [0.29, 0.717) is 58.5 Å². The summed E-state index contributed by atoms with van der Waals surface area (Å²) in [5, 5.41) is 13.5. The van der Waals surface area contributed by atoms with Gasteiger partial charge >= 0.3 is 6.03 Å². The topological polar surface area (TPSA) is 181 Å². The van der Waals surface area contributed by atoms with Gasteiger partial charge in [0.25, 0.3) is 5.91 Å². The molecule has 2 heterocycles. The first-order valence-electron chi connectivity index (χ1n) is 19.2. The molecule has 0 radical (unpaired) electrons. The van der Waals surface area contributed by atoms with Gasteiger partial charge in [0, 0.05) is 73.1 Å². The zero-order chi connectivity index (χ0) is 42.2. The van der Waals surface area contributed by atoms with Gasteiger partial charge in [-0.3, -0.25) is 14.4 Å². The Morgan fingerprint density at radius 1 is 0.847 bits per heavy atom. The quantitative estimate of drug-likeness (QED) is 0.0746. The lowest BCUT2D eigenvalue weighted by Gasteiger charge is -2.24. The fourth-order valence-electron chi connectivity index (χ4n) is 6.58. The number of fused-ring (bicyclic) bond motifs is 1. The third-order valence-electron chi connectivity index (χ3n) is 9.50. The molecule has 1 fully saturated rings. The van der Waals surface area contributed by atoms with Crippen molar-refractivity contribution >= 4 is 61.3 Å². The molecule has 59 heavy (non-hydrogen) atoms. The van der Waals surface area contributed by atoms with Crippen molar-refractivity contribution in [2.75, 3.05) is 80.5 Å². The Labute approximate surface area is 344 Å². The molecule has 1 saturated heterocycles. The van der Waals surface area contributed by atoms with Crippen LogP contribution in [0.15, 0.2) is 85.1 Å². The molecule has 16 heteroatoms. The van der Waals surface area contributed by atoms with Crippen LogP contribution in [0.25, 0.3) is 10.8 Å². The van der Waals surface area contributed by atoms with E-state index in [1.807, 2.05) is 45.0 Å². The average molecular weight is 826 g/mol. The zero-order valence-electron chi connectivity index (χ0n) is 34.1. The second-order valence-electron chi connectivity index (χ2n) is 15.1. The molecule has 4 aromatic carbocycles. The minimum atomic E-state index is -3.65. The van der Waals surface area contributed by atoms with Crippen molar-refractivity contribution in [3.63, 3.8) is 0 Å². The van der Waals surface area contributed by atoms with Gasteiger partial charge in [0.05, 0.1) is 44.1 Å². The molecule has 15 nitrogen and oxygen atoms in total. The van der Waals surface area contributed by atoms with E-state index in [4.69, 9.17) is 18.9 Å². The molecule has 0 bridgehead atoms. The number of methoxy groups -OCH3 is 2. The van der Waals surface area contributed by atoms with E-state index in [1.54, 1.807) is 67.9 Å². The van der Waals surface area contributed by atoms with Gasteiger partial charge in [0.15, 0.2) is 5.75 Å². The van der Waals surface area contributed by atoms with E-state index in [0.717, 1.165) is 49.9 Å². The monoisotopic (exact) mass is 825 g/mol. The Balaban J connectivity index is 1.16. The summed E-state index contributed by atoms with van der Waals surface area (Å²) in [5.74, 6) is 1.97. The van der Waals surface area contributed by atoms with Gasteiger partial charge in [-0.2, -0.15) is 0 Å². The molecule has 0 aliphatic carbocycles. The van der Waals surface area contributed by atoms with Gasteiger partial charge in [-0.05, 0) is 59.9 Å². The summed E-state index contributed by atoms with van der Waals surface area (Å²) in [6.07, 6.45) is 3.64. The molecule has 3 amide bonds. The Morgan fingerprint density at radius 2 is 1.61 bits per heavy atom. The molecule has 1 aliphatic rings. The third kappa shape index (κ3) is 11.5. The minimum Gasteiger partial charge on any atom is -0.497 e. The number of ether oxygens (including phenoxy) is 4. The Morgan fingerprint density at radius 3 is 2.36 bits per heavy atom. The number of hydrogen-bond acceptors (Lipinski definition) is 11. The normalized spacial score (nSPS) is 13.5. The van der Waals surface area contributed by atoms with Crippen molar-refractivity contribution in [1.82, 2.24) is 15.2 Å². The highest BCUT2D eigenvalue weighted by atomic mass is 32.2. The Hall–Kier alpha value is -6.10. The first-order valence-corrected chi connectivity index (χ1v) is 21.1. The predicted octanol–water partition coefficient (Wildman–Crippen LogP) is 7.55. The van der Waals surface area contributed by atoms with Crippen molar-refractivity contribution in [2.45, 2.75) is 32.6 Å². The molecule has 312 valence electrons. The van der Waals surface area contributed by atoms with Gasteiger partial charge in [-0.25, -0.2) is 18.2 Å². The number of sulfonamides is 1. The summed E-state index contributed by atoms with van der Waals surface area (Å²) in [4.78, 5) is 33.4. The van der Waals surface area contributed by atoms with Crippen LogP contribution in [0.4, 0.5) is 33.4 Å². The number of nitrogens with zero attached hydrogens (tertiary/aromatic N) is 2. The molecule has 1 aliphatic heterocycles. The zero-order valence-corrected chi connectivity index (χ0v) is 34.9. The number of carbonyl (C=O) groups is 2. The van der Waals surface area contributed by atoms with Gasteiger partial charge < -0.3 is 40.2 Å².